The number of carbonyl (C=O) groups excluding carboxylic acids is 1. The lowest BCUT2D eigenvalue weighted by Gasteiger charge is -2.11. The molecule has 1 aromatic heterocycles. The van der Waals surface area contributed by atoms with Gasteiger partial charge in [0.05, 0.1) is 11.5 Å². The van der Waals surface area contributed by atoms with E-state index in [-0.39, 0.29) is 28.7 Å². The van der Waals surface area contributed by atoms with Crippen molar-refractivity contribution in [1.82, 2.24) is 10.3 Å². The van der Waals surface area contributed by atoms with Gasteiger partial charge in [-0.3, -0.25) is 20.2 Å². The number of nitro groups is 1. The highest BCUT2D eigenvalue weighted by atomic mass is 32.1. The summed E-state index contributed by atoms with van der Waals surface area (Å²) in [6.45, 7) is 3.97. The first-order valence-corrected chi connectivity index (χ1v) is 10.8. The van der Waals surface area contributed by atoms with Gasteiger partial charge in [-0.1, -0.05) is 12.1 Å². The number of amides is 1. The summed E-state index contributed by atoms with van der Waals surface area (Å²) in [7, 11) is 0. The molecular weight excluding hydrogens is 456 g/mol. The lowest BCUT2D eigenvalue weighted by molar-refractivity contribution is -0.385. The van der Waals surface area contributed by atoms with Crippen molar-refractivity contribution in [2.24, 2.45) is 0 Å². The molecule has 0 spiro atoms. The van der Waals surface area contributed by atoms with Crippen molar-refractivity contribution in [2.45, 2.75) is 13.8 Å². The fraction of sp³-hybridized carbons (Fsp3) is 0.125. The van der Waals surface area contributed by atoms with E-state index in [1.165, 1.54) is 12.1 Å². The SMILES string of the molecule is CCOc1ccc(C(=O)NC(=S)Nc2cccc(-c3nc4cc(C)ccc4o3)c2)cc1[N+](=O)[O-]. The molecule has 0 unspecified atom stereocenters. The van der Waals surface area contributed by atoms with Crippen LogP contribution in [-0.2, 0) is 0 Å². The Kier molecular flexibility index (Phi) is 6.51. The van der Waals surface area contributed by atoms with E-state index < -0.39 is 10.8 Å². The summed E-state index contributed by atoms with van der Waals surface area (Å²) in [6, 6.07) is 17.0. The van der Waals surface area contributed by atoms with Crippen molar-refractivity contribution in [3.05, 3.63) is 81.9 Å². The van der Waals surface area contributed by atoms with E-state index in [4.69, 9.17) is 21.4 Å². The summed E-state index contributed by atoms with van der Waals surface area (Å²) in [5.74, 6) is -0.0362. The lowest BCUT2D eigenvalue weighted by atomic mass is 10.1. The molecule has 0 saturated heterocycles. The summed E-state index contributed by atoms with van der Waals surface area (Å²) in [5.41, 5.74) is 3.66. The monoisotopic (exact) mass is 476 g/mol. The van der Waals surface area contributed by atoms with Gasteiger partial charge in [0.1, 0.15) is 5.52 Å². The number of nitrogens with one attached hydrogen (secondary N) is 2. The minimum absolute atomic E-state index is 0.0341. The standard InChI is InChI=1S/C24H20N4O5S/c1-3-32-21-10-8-15(13-19(21)28(30)31)22(29)27-24(34)25-17-6-4-5-16(12-17)23-26-18-11-14(2)7-9-20(18)33-23/h4-13H,3H2,1-2H3,(H2,25,27,29,34). The zero-order chi connectivity index (χ0) is 24.2. The van der Waals surface area contributed by atoms with E-state index in [1.54, 1.807) is 25.1 Å². The second-order valence-corrected chi connectivity index (χ2v) is 7.76. The van der Waals surface area contributed by atoms with E-state index in [2.05, 4.69) is 15.6 Å². The van der Waals surface area contributed by atoms with Crippen LogP contribution in [0.1, 0.15) is 22.8 Å². The Hall–Kier alpha value is -4.31. The second-order valence-electron chi connectivity index (χ2n) is 7.35. The maximum atomic E-state index is 12.6. The molecule has 0 aliphatic heterocycles. The minimum Gasteiger partial charge on any atom is -0.487 e. The number of benzene rings is 3. The Balaban J connectivity index is 1.47. The van der Waals surface area contributed by atoms with Crippen LogP contribution in [-0.4, -0.2) is 27.5 Å². The van der Waals surface area contributed by atoms with Crippen molar-refractivity contribution in [3.63, 3.8) is 0 Å². The Morgan fingerprint density at radius 1 is 1.18 bits per heavy atom. The normalized spacial score (nSPS) is 10.6. The molecule has 0 fully saturated rings. The van der Waals surface area contributed by atoms with Crippen molar-refractivity contribution in [1.29, 1.82) is 0 Å². The highest BCUT2D eigenvalue weighted by Crippen LogP contribution is 2.28. The average Bonchev–Trinajstić information content (AvgIpc) is 3.22. The number of nitro benzene ring substituents is 1. The van der Waals surface area contributed by atoms with E-state index in [1.807, 2.05) is 31.2 Å². The summed E-state index contributed by atoms with van der Waals surface area (Å²) in [4.78, 5) is 27.8. The Morgan fingerprint density at radius 2 is 2.00 bits per heavy atom. The van der Waals surface area contributed by atoms with E-state index >= 15 is 0 Å². The number of oxazole rings is 1. The molecule has 0 bridgehead atoms. The smallest absolute Gasteiger partial charge is 0.311 e. The third-order valence-electron chi connectivity index (χ3n) is 4.86. The van der Waals surface area contributed by atoms with Gasteiger partial charge in [0, 0.05) is 22.9 Å². The van der Waals surface area contributed by atoms with Crippen LogP contribution in [0, 0.1) is 17.0 Å². The van der Waals surface area contributed by atoms with Crippen LogP contribution in [0.25, 0.3) is 22.6 Å². The number of thiocarbonyl (C=S) groups is 1. The fourth-order valence-electron chi connectivity index (χ4n) is 3.31. The maximum absolute atomic E-state index is 12.6. The van der Waals surface area contributed by atoms with Gasteiger partial charge >= 0.3 is 5.69 Å². The molecule has 9 nitrogen and oxygen atoms in total. The summed E-state index contributed by atoms with van der Waals surface area (Å²) in [5, 5.41) is 16.8. The van der Waals surface area contributed by atoms with Gasteiger partial charge in [-0.2, -0.15) is 0 Å². The highest BCUT2D eigenvalue weighted by molar-refractivity contribution is 7.80. The predicted molar refractivity (Wildman–Crippen MR) is 132 cm³/mol. The number of anilines is 1. The van der Waals surface area contributed by atoms with Gasteiger partial charge in [0.25, 0.3) is 5.91 Å². The van der Waals surface area contributed by atoms with Gasteiger partial charge in [-0.25, -0.2) is 4.98 Å². The second kappa shape index (κ2) is 9.67. The molecule has 34 heavy (non-hydrogen) atoms. The molecule has 0 radical (unpaired) electrons. The minimum atomic E-state index is -0.600. The van der Waals surface area contributed by atoms with Crippen LogP contribution in [0.4, 0.5) is 11.4 Å². The molecule has 4 aromatic rings. The van der Waals surface area contributed by atoms with Gasteiger partial charge in [0.2, 0.25) is 5.89 Å². The quantitative estimate of drug-likeness (QED) is 0.220. The number of aryl methyl sites for hydroxylation is 1. The number of hydrogen-bond donors (Lipinski definition) is 2. The summed E-state index contributed by atoms with van der Waals surface area (Å²) in [6.07, 6.45) is 0. The number of carbonyl (C=O) groups is 1. The van der Waals surface area contributed by atoms with Crippen LogP contribution in [0.3, 0.4) is 0 Å². The van der Waals surface area contributed by atoms with Crippen LogP contribution in [0.15, 0.2) is 65.1 Å². The van der Waals surface area contributed by atoms with Gasteiger partial charge < -0.3 is 14.5 Å². The Labute approximate surface area is 199 Å². The zero-order valence-electron chi connectivity index (χ0n) is 18.3. The number of aromatic nitrogens is 1. The van der Waals surface area contributed by atoms with Gasteiger partial charge in [-0.15, -0.1) is 0 Å². The first kappa shape index (κ1) is 22.9. The predicted octanol–water partition coefficient (Wildman–Crippen LogP) is 5.24. The number of fused-ring (bicyclic) bond motifs is 1. The van der Waals surface area contributed by atoms with E-state index in [0.29, 0.717) is 17.2 Å². The highest BCUT2D eigenvalue weighted by Gasteiger charge is 2.19. The molecule has 1 amide bonds. The van der Waals surface area contributed by atoms with Crippen LogP contribution in [0.5, 0.6) is 5.75 Å². The maximum Gasteiger partial charge on any atom is 0.311 e. The number of rotatable bonds is 6. The number of ether oxygens (including phenoxy) is 1. The summed E-state index contributed by atoms with van der Waals surface area (Å²) >= 11 is 5.25. The fourth-order valence-corrected chi connectivity index (χ4v) is 3.52. The van der Waals surface area contributed by atoms with Gasteiger partial charge in [-0.05, 0) is 74.1 Å². The molecule has 0 aliphatic carbocycles. The third kappa shape index (κ3) is 5.02. The average molecular weight is 477 g/mol. The molecular formula is C24H20N4O5S. The zero-order valence-corrected chi connectivity index (χ0v) is 19.1. The third-order valence-corrected chi connectivity index (χ3v) is 5.06. The molecule has 3 aromatic carbocycles. The molecule has 0 saturated carbocycles. The van der Waals surface area contributed by atoms with Crippen molar-refractivity contribution < 1.29 is 18.9 Å². The van der Waals surface area contributed by atoms with Crippen molar-refractivity contribution in [3.8, 4) is 17.2 Å². The molecule has 0 aliphatic rings. The van der Waals surface area contributed by atoms with Crippen LogP contribution >= 0.6 is 12.2 Å². The van der Waals surface area contributed by atoms with Crippen molar-refractivity contribution >= 4 is 45.7 Å². The first-order valence-electron chi connectivity index (χ1n) is 10.3. The van der Waals surface area contributed by atoms with Crippen LogP contribution < -0.4 is 15.4 Å². The molecule has 10 heteroatoms. The van der Waals surface area contributed by atoms with E-state index in [0.717, 1.165) is 22.7 Å². The molecule has 4 rings (SSSR count). The molecule has 1 heterocycles. The van der Waals surface area contributed by atoms with E-state index in [9.17, 15) is 14.9 Å². The molecule has 2 N–H and O–H groups in total. The lowest BCUT2D eigenvalue weighted by Crippen LogP contribution is -2.34. The Bertz CT molecular complexity index is 1420. The summed E-state index contributed by atoms with van der Waals surface area (Å²) < 4.78 is 11.1. The first-order chi connectivity index (χ1) is 16.3. The molecule has 172 valence electrons. The number of nitrogens with zero attached hydrogens (tertiary/aromatic N) is 2. The topological polar surface area (TPSA) is 120 Å². The van der Waals surface area contributed by atoms with Gasteiger partial charge in [0.15, 0.2) is 16.4 Å². The largest absolute Gasteiger partial charge is 0.487 e. The Morgan fingerprint density at radius 3 is 2.76 bits per heavy atom. The number of hydrogen-bond acceptors (Lipinski definition) is 7. The molecule has 0 atom stereocenters. The van der Waals surface area contributed by atoms with Crippen molar-refractivity contribution in [2.75, 3.05) is 11.9 Å². The van der Waals surface area contributed by atoms with Crippen LogP contribution in [0.2, 0.25) is 0 Å².